The van der Waals surface area contributed by atoms with E-state index in [0.29, 0.717) is 74.4 Å². The number of phenols is 4. The Balaban J connectivity index is 1.33. The first-order valence-corrected chi connectivity index (χ1v) is 37.8. The first-order chi connectivity index (χ1) is 47.7. The molecule has 12 rings (SSSR count). The number of ether oxygens (including phenoxy) is 5. The molecule has 9 heteroatoms. The van der Waals surface area contributed by atoms with E-state index >= 15 is 0 Å². The fraction of sp³-hybridized carbons (Fsp3) is 0.489. The van der Waals surface area contributed by atoms with Crippen molar-refractivity contribution in [2.75, 3.05) is 39.6 Å². The number of benzene rings is 8. The Kier molecular flexibility index (Phi) is 20.6. The van der Waals surface area contributed by atoms with Crippen LogP contribution in [0.5, 0.6) is 46.0 Å². The van der Waals surface area contributed by atoms with E-state index in [1.807, 2.05) is 0 Å². The third-order valence-corrected chi connectivity index (χ3v) is 21.5. The van der Waals surface area contributed by atoms with Crippen molar-refractivity contribution in [2.45, 2.75) is 261 Å². The zero-order valence-electron chi connectivity index (χ0n) is 67.0. The highest BCUT2D eigenvalue weighted by atomic mass is 16.5. The molecule has 8 aromatic rings. The molecule has 0 atom stereocenters. The van der Waals surface area contributed by atoms with Crippen molar-refractivity contribution in [3.8, 4) is 46.0 Å². The van der Waals surface area contributed by atoms with Gasteiger partial charge in [0.2, 0.25) is 0 Å². The molecule has 0 spiro atoms. The number of phenolic OH excluding ortho intramolecular Hbond substituents is 4. The van der Waals surface area contributed by atoms with E-state index in [-0.39, 0.29) is 106 Å². The highest BCUT2D eigenvalue weighted by molar-refractivity contribution is 5.63. The van der Waals surface area contributed by atoms with Crippen molar-refractivity contribution in [2.24, 2.45) is 0 Å². The topological polar surface area (TPSA) is 127 Å². The molecule has 0 aromatic heterocycles. The van der Waals surface area contributed by atoms with Crippen LogP contribution in [0.4, 0.5) is 0 Å². The number of hydrogen-bond acceptors (Lipinski definition) is 9. The minimum absolute atomic E-state index is 0.130. The lowest BCUT2D eigenvalue weighted by Gasteiger charge is -2.28. The van der Waals surface area contributed by atoms with Gasteiger partial charge in [0.15, 0.2) is 0 Å². The minimum atomic E-state index is -0.334. The van der Waals surface area contributed by atoms with E-state index in [0.717, 1.165) is 134 Å². The van der Waals surface area contributed by atoms with E-state index in [9.17, 15) is 20.4 Å². The molecule has 550 valence electrons. The lowest BCUT2D eigenvalue weighted by Crippen LogP contribution is -2.18. The number of rotatable bonds is 0. The largest absolute Gasteiger partial charge is 0.507 e. The number of aromatic hydroxyl groups is 4. The van der Waals surface area contributed by atoms with Gasteiger partial charge in [-0.3, -0.25) is 0 Å². The second kappa shape index (κ2) is 27.9. The lowest BCUT2D eigenvalue weighted by molar-refractivity contribution is 0.0756. The van der Waals surface area contributed by atoms with Gasteiger partial charge in [-0.05, 0) is 177 Å². The summed E-state index contributed by atoms with van der Waals surface area (Å²) in [7, 11) is 0. The third-order valence-electron chi connectivity index (χ3n) is 21.5. The van der Waals surface area contributed by atoms with E-state index in [1.54, 1.807) is 0 Å². The summed E-state index contributed by atoms with van der Waals surface area (Å²) in [6.45, 7) is 54.8. The van der Waals surface area contributed by atoms with Crippen molar-refractivity contribution in [1.82, 2.24) is 0 Å². The van der Waals surface area contributed by atoms with Crippen LogP contribution in [0.2, 0.25) is 0 Å². The zero-order valence-corrected chi connectivity index (χ0v) is 67.0. The molecule has 0 saturated carbocycles. The summed E-state index contributed by atoms with van der Waals surface area (Å²) < 4.78 is 36.1. The molecule has 0 unspecified atom stereocenters. The van der Waals surface area contributed by atoms with Crippen molar-refractivity contribution in [1.29, 1.82) is 0 Å². The second-order valence-corrected chi connectivity index (χ2v) is 38.5. The van der Waals surface area contributed by atoms with Gasteiger partial charge >= 0.3 is 0 Å². The Morgan fingerprint density at radius 1 is 0.184 bits per heavy atom. The average molecular weight is 1390 g/mol. The van der Waals surface area contributed by atoms with E-state index in [4.69, 9.17) is 23.7 Å². The second-order valence-electron chi connectivity index (χ2n) is 38.5. The smallest absolute Gasteiger partial charge is 0.126 e. The maximum absolute atomic E-state index is 13.4. The summed E-state index contributed by atoms with van der Waals surface area (Å²) in [5.74, 6) is 3.54. The third kappa shape index (κ3) is 16.9. The first-order valence-electron chi connectivity index (χ1n) is 37.8. The summed E-state index contributed by atoms with van der Waals surface area (Å²) in [6, 6.07) is 35.6. The van der Waals surface area contributed by atoms with Crippen LogP contribution in [0.3, 0.4) is 0 Å². The standard InChI is InChI=1S/C94H120O9/c1-87(2,3)71-39-55-31-63-47-75(91(13,14)15)48-64-32-56-40-72(88(4,5)6)45-61(80(56)96)37-69-53-78(94(22,23)24)54-70-38-62-46-74(90(10,11)12)42-58(82(62)98)34-66-50-76(92(16,17)18)49-65(84(66)101-28-26-99-25-27-100-83(63)64)33-57-41-73(89(7,8)9)44-60(81(57)97)36-68-52-77(93(19,20)21)51-67(35-59(43-71)79(55)95)85(68)102-29-30-103-86(69)70/h39-54,95-98H,25-38H2,1-24H3. The minimum Gasteiger partial charge on any atom is -0.507 e. The van der Waals surface area contributed by atoms with Gasteiger partial charge in [-0.2, -0.15) is 0 Å². The summed E-state index contributed by atoms with van der Waals surface area (Å²) in [6.07, 6.45) is 2.67. The molecule has 4 N–H and O–H groups in total. The highest BCUT2D eigenvalue weighted by Crippen LogP contribution is 2.48. The molecule has 4 aliphatic rings. The maximum atomic E-state index is 13.4. The van der Waals surface area contributed by atoms with Gasteiger partial charge in [0.25, 0.3) is 0 Å². The molecule has 8 aromatic carbocycles. The fourth-order valence-electron chi connectivity index (χ4n) is 14.8. The highest BCUT2D eigenvalue weighted by Gasteiger charge is 2.33. The number of hydrogen-bond donors (Lipinski definition) is 4. The molecular formula is C94H120O9. The predicted octanol–water partition coefficient (Wildman–Crippen LogP) is 21.5. The molecule has 0 amide bonds. The van der Waals surface area contributed by atoms with Gasteiger partial charge in [-0.25, -0.2) is 0 Å². The molecule has 0 saturated heterocycles. The van der Waals surface area contributed by atoms with Crippen molar-refractivity contribution in [3.63, 3.8) is 0 Å². The summed E-state index contributed by atoms with van der Waals surface area (Å²) in [5, 5.41) is 53.5. The molecule has 20 bridgehead atoms. The summed E-state index contributed by atoms with van der Waals surface area (Å²) in [5.41, 5.74) is 19.5. The van der Waals surface area contributed by atoms with E-state index in [1.165, 1.54) is 0 Å². The molecule has 0 fully saturated rings. The van der Waals surface area contributed by atoms with E-state index < -0.39 is 0 Å². The van der Waals surface area contributed by atoms with Crippen molar-refractivity contribution in [3.05, 3.63) is 231 Å². The van der Waals surface area contributed by atoms with Crippen LogP contribution < -0.4 is 18.9 Å². The Labute approximate surface area is 617 Å². The average Bonchev–Trinajstić information content (AvgIpc) is 1.08. The van der Waals surface area contributed by atoms with Crippen LogP contribution in [0.1, 0.15) is 300 Å². The first kappa shape index (κ1) is 76.3. The molecule has 0 aliphatic carbocycles. The molecule has 103 heavy (non-hydrogen) atoms. The van der Waals surface area contributed by atoms with Gasteiger partial charge < -0.3 is 44.1 Å². The Hall–Kier alpha value is -7.88. The van der Waals surface area contributed by atoms with Crippen LogP contribution in [-0.4, -0.2) is 60.1 Å². The van der Waals surface area contributed by atoms with Crippen molar-refractivity contribution >= 4 is 0 Å². The van der Waals surface area contributed by atoms with Gasteiger partial charge in [-0.15, -0.1) is 0 Å². The maximum Gasteiger partial charge on any atom is 0.126 e. The summed E-state index contributed by atoms with van der Waals surface area (Å²) in [4.78, 5) is 0. The van der Waals surface area contributed by atoms with Crippen molar-refractivity contribution < 1.29 is 44.1 Å². The Bertz CT molecular complexity index is 4010. The van der Waals surface area contributed by atoms with Gasteiger partial charge in [-0.1, -0.05) is 263 Å². The fourth-order valence-corrected chi connectivity index (χ4v) is 14.8. The Morgan fingerprint density at radius 2 is 0.301 bits per heavy atom. The quantitative estimate of drug-likeness (QED) is 0.110. The van der Waals surface area contributed by atoms with E-state index in [2.05, 4.69) is 263 Å². The monoisotopic (exact) mass is 1390 g/mol. The predicted molar refractivity (Wildman–Crippen MR) is 423 cm³/mol. The SMILES string of the molecule is CC(C)(C)c1cc2c(O)c(c1)Cc1cc(C(C)(C)C)cc3c1OCCOc1c4cc(C(C)(C)C)cc1Cc1cc(C(C)(C)C)cc(c1O)Cc1cc(C(C)(C)C)cc(c1OCCOCCOc1c(cc(C(C)(C)C)cc1Cc1cc(C(C)(C)C)cc(c1O)C4)C2)Cc1cc(C(C)(C)C)cc(c1O)C3. The van der Waals surface area contributed by atoms with Crippen LogP contribution in [0.25, 0.3) is 0 Å². The Morgan fingerprint density at radius 3 is 0.427 bits per heavy atom. The molecule has 9 nitrogen and oxygen atoms in total. The number of fused-ring (bicyclic) bond motifs is 9. The van der Waals surface area contributed by atoms with Crippen LogP contribution in [0, 0.1) is 0 Å². The van der Waals surface area contributed by atoms with Gasteiger partial charge in [0.05, 0.1) is 13.2 Å². The van der Waals surface area contributed by atoms with Gasteiger partial charge in [0.1, 0.15) is 72.4 Å². The molecule has 4 aliphatic heterocycles. The van der Waals surface area contributed by atoms with Crippen LogP contribution in [-0.2, 0) is 99.4 Å². The lowest BCUT2D eigenvalue weighted by atomic mass is 9.79. The summed E-state index contributed by atoms with van der Waals surface area (Å²) >= 11 is 0. The zero-order chi connectivity index (χ0) is 75.2. The normalized spacial score (nSPS) is 15.5. The van der Waals surface area contributed by atoms with Gasteiger partial charge in [0, 0.05) is 51.4 Å². The molecule has 0 radical (unpaired) electrons. The van der Waals surface area contributed by atoms with Crippen LogP contribution >= 0.6 is 0 Å². The molecule has 4 heterocycles. The molecular weight excluding hydrogens is 1270 g/mol. The van der Waals surface area contributed by atoms with Crippen LogP contribution in [0.15, 0.2) is 97.1 Å².